The number of rotatable bonds is 2. The lowest BCUT2D eigenvalue weighted by Gasteiger charge is -2.21. The van der Waals surface area contributed by atoms with Gasteiger partial charge in [0.15, 0.2) is 16.5 Å². The Kier molecular flexibility index (Phi) is 2.82. The molecule has 1 heterocycles. The molecule has 0 N–H and O–H groups in total. The number of alkyl halides is 1. The Morgan fingerprint density at radius 3 is 2.93 bits per heavy atom. The molecule has 0 spiro atoms. The summed E-state index contributed by atoms with van der Waals surface area (Å²) in [6.45, 7) is 3.08. The van der Waals surface area contributed by atoms with Gasteiger partial charge in [0.25, 0.3) is 0 Å². The van der Waals surface area contributed by atoms with E-state index in [1.807, 2.05) is 25.1 Å². The van der Waals surface area contributed by atoms with Crippen LogP contribution in [-0.4, -0.2) is 18.2 Å². The van der Waals surface area contributed by atoms with E-state index >= 15 is 0 Å². The molecule has 0 saturated heterocycles. The predicted octanol–water partition coefficient (Wildman–Crippen LogP) is 2.58. The van der Waals surface area contributed by atoms with Crippen LogP contribution >= 0.6 is 15.9 Å². The van der Waals surface area contributed by atoms with Gasteiger partial charge >= 0.3 is 0 Å². The van der Waals surface area contributed by atoms with Crippen LogP contribution in [0.1, 0.15) is 6.92 Å². The molecule has 0 radical (unpaired) electrons. The molecule has 14 heavy (non-hydrogen) atoms. The van der Waals surface area contributed by atoms with E-state index in [4.69, 9.17) is 14.2 Å². The molecule has 1 aromatic rings. The minimum absolute atomic E-state index is 0.0421. The molecule has 0 aliphatic carbocycles. The van der Waals surface area contributed by atoms with Crippen LogP contribution in [0.15, 0.2) is 18.2 Å². The molecule has 1 atom stereocenters. The van der Waals surface area contributed by atoms with Crippen molar-refractivity contribution in [2.75, 3.05) is 13.2 Å². The van der Waals surface area contributed by atoms with Gasteiger partial charge in [0.2, 0.25) is 5.75 Å². The van der Waals surface area contributed by atoms with E-state index in [0.717, 1.165) is 5.75 Å². The van der Waals surface area contributed by atoms with Gasteiger partial charge in [-0.1, -0.05) is 6.07 Å². The number of benzene rings is 1. The normalized spacial score (nSPS) is 16.1. The molecule has 1 aliphatic heterocycles. The average molecular weight is 259 g/mol. The zero-order valence-corrected chi connectivity index (χ0v) is 9.41. The van der Waals surface area contributed by atoms with Crippen molar-refractivity contribution in [2.24, 2.45) is 0 Å². The Morgan fingerprint density at radius 1 is 1.36 bits per heavy atom. The third-order valence-electron chi connectivity index (χ3n) is 1.82. The second-order valence-electron chi connectivity index (χ2n) is 2.94. The van der Waals surface area contributed by atoms with Crippen LogP contribution < -0.4 is 14.2 Å². The summed E-state index contributed by atoms with van der Waals surface area (Å²) in [7, 11) is 0. The van der Waals surface area contributed by atoms with Crippen molar-refractivity contribution in [3.8, 4) is 17.2 Å². The van der Waals surface area contributed by atoms with Crippen molar-refractivity contribution in [2.45, 2.75) is 11.9 Å². The fourth-order valence-electron chi connectivity index (χ4n) is 1.31. The first kappa shape index (κ1) is 9.65. The van der Waals surface area contributed by atoms with Gasteiger partial charge in [0.1, 0.15) is 13.2 Å². The third kappa shape index (κ3) is 1.95. The number of halogens is 1. The highest BCUT2D eigenvalue weighted by molar-refractivity contribution is 9.09. The van der Waals surface area contributed by atoms with E-state index in [1.165, 1.54) is 0 Å². The zero-order chi connectivity index (χ0) is 9.97. The Morgan fingerprint density at radius 2 is 2.14 bits per heavy atom. The van der Waals surface area contributed by atoms with Crippen molar-refractivity contribution < 1.29 is 14.2 Å². The summed E-state index contributed by atoms with van der Waals surface area (Å²) >= 11 is 3.32. The maximum absolute atomic E-state index is 5.52. The second-order valence-corrected chi connectivity index (χ2v) is 4.23. The molecule has 4 heteroatoms. The van der Waals surface area contributed by atoms with Gasteiger partial charge < -0.3 is 14.2 Å². The Labute approximate surface area is 91.1 Å². The SMILES string of the molecule is CC(Br)Oc1cccc2c1OCCO2. The Bertz CT molecular complexity index is 325. The van der Waals surface area contributed by atoms with E-state index in [-0.39, 0.29) is 5.01 Å². The number of fused-ring (bicyclic) bond motifs is 1. The van der Waals surface area contributed by atoms with E-state index in [2.05, 4.69) is 15.9 Å². The first-order valence-electron chi connectivity index (χ1n) is 4.47. The lowest BCUT2D eigenvalue weighted by molar-refractivity contribution is 0.161. The maximum Gasteiger partial charge on any atom is 0.203 e. The average Bonchev–Trinajstić information content (AvgIpc) is 2.18. The second kappa shape index (κ2) is 4.09. The summed E-state index contributed by atoms with van der Waals surface area (Å²) < 4.78 is 16.4. The molecule has 76 valence electrons. The van der Waals surface area contributed by atoms with Crippen molar-refractivity contribution >= 4 is 15.9 Å². The van der Waals surface area contributed by atoms with Crippen molar-refractivity contribution in [1.82, 2.24) is 0 Å². The largest absolute Gasteiger partial charge is 0.486 e. The molecule has 1 unspecified atom stereocenters. The minimum Gasteiger partial charge on any atom is -0.486 e. The van der Waals surface area contributed by atoms with Gasteiger partial charge in [0.05, 0.1) is 0 Å². The van der Waals surface area contributed by atoms with Crippen molar-refractivity contribution in [3.05, 3.63) is 18.2 Å². The number of ether oxygens (including phenoxy) is 3. The van der Waals surface area contributed by atoms with E-state index in [9.17, 15) is 0 Å². The van der Waals surface area contributed by atoms with Crippen LogP contribution in [0.4, 0.5) is 0 Å². The maximum atomic E-state index is 5.52. The highest BCUT2D eigenvalue weighted by atomic mass is 79.9. The van der Waals surface area contributed by atoms with Gasteiger partial charge in [-0.2, -0.15) is 0 Å². The molecule has 0 amide bonds. The fraction of sp³-hybridized carbons (Fsp3) is 0.400. The van der Waals surface area contributed by atoms with Gasteiger partial charge in [-0.15, -0.1) is 0 Å². The van der Waals surface area contributed by atoms with Crippen LogP contribution in [-0.2, 0) is 0 Å². The molecule has 0 saturated carbocycles. The highest BCUT2D eigenvalue weighted by Crippen LogP contribution is 2.39. The summed E-state index contributed by atoms with van der Waals surface area (Å²) in [6.07, 6.45) is 0. The fourth-order valence-corrected chi connectivity index (χ4v) is 1.52. The first-order valence-corrected chi connectivity index (χ1v) is 5.38. The van der Waals surface area contributed by atoms with Crippen LogP contribution in [0.3, 0.4) is 0 Å². The van der Waals surface area contributed by atoms with E-state index in [1.54, 1.807) is 0 Å². The Hall–Kier alpha value is -0.900. The van der Waals surface area contributed by atoms with Crippen LogP contribution in [0, 0.1) is 0 Å². The lowest BCUT2D eigenvalue weighted by Crippen LogP contribution is -2.16. The van der Waals surface area contributed by atoms with Gasteiger partial charge in [0, 0.05) is 0 Å². The summed E-state index contributed by atoms with van der Waals surface area (Å²) in [5.41, 5.74) is 0. The quantitative estimate of drug-likeness (QED) is 0.764. The van der Waals surface area contributed by atoms with Crippen molar-refractivity contribution in [1.29, 1.82) is 0 Å². The summed E-state index contributed by atoms with van der Waals surface area (Å²) in [5, 5.41) is -0.0421. The zero-order valence-electron chi connectivity index (χ0n) is 7.83. The number of para-hydroxylation sites is 1. The van der Waals surface area contributed by atoms with Crippen LogP contribution in [0.5, 0.6) is 17.2 Å². The molecule has 1 aliphatic rings. The van der Waals surface area contributed by atoms with Crippen molar-refractivity contribution in [3.63, 3.8) is 0 Å². The lowest BCUT2D eigenvalue weighted by atomic mass is 10.3. The minimum atomic E-state index is -0.0421. The van der Waals surface area contributed by atoms with Gasteiger partial charge in [-0.3, -0.25) is 0 Å². The summed E-state index contributed by atoms with van der Waals surface area (Å²) in [5.74, 6) is 2.17. The molecule has 0 aromatic heterocycles. The van der Waals surface area contributed by atoms with Crippen LogP contribution in [0.25, 0.3) is 0 Å². The molecule has 2 rings (SSSR count). The number of hydrogen-bond acceptors (Lipinski definition) is 3. The molecule has 1 aromatic carbocycles. The smallest absolute Gasteiger partial charge is 0.203 e. The predicted molar refractivity (Wildman–Crippen MR) is 56.4 cm³/mol. The van der Waals surface area contributed by atoms with Gasteiger partial charge in [-0.05, 0) is 35.0 Å². The third-order valence-corrected chi connectivity index (χ3v) is 2.01. The topological polar surface area (TPSA) is 27.7 Å². The van der Waals surface area contributed by atoms with Gasteiger partial charge in [-0.25, -0.2) is 0 Å². The molecular formula is C10H11BrO3. The first-order chi connectivity index (χ1) is 6.77. The molecular weight excluding hydrogens is 248 g/mol. The van der Waals surface area contributed by atoms with E-state index in [0.29, 0.717) is 24.7 Å². The highest BCUT2D eigenvalue weighted by Gasteiger charge is 2.17. The monoisotopic (exact) mass is 258 g/mol. The van der Waals surface area contributed by atoms with Crippen LogP contribution in [0.2, 0.25) is 0 Å². The van der Waals surface area contributed by atoms with E-state index < -0.39 is 0 Å². The summed E-state index contributed by atoms with van der Waals surface area (Å²) in [4.78, 5) is 0. The molecule has 0 bridgehead atoms. The molecule has 0 fully saturated rings. The Balaban J connectivity index is 2.30. The standard InChI is InChI=1S/C10H11BrO3/c1-7(11)14-9-4-2-3-8-10(9)13-6-5-12-8/h2-4,7H,5-6H2,1H3. The number of hydrogen-bond donors (Lipinski definition) is 0. The summed E-state index contributed by atoms with van der Waals surface area (Å²) in [6, 6.07) is 5.63. The molecule has 3 nitrogen and oxygen atoms in total.